The summed E-state index contributed by atoms with van der Waals surface area (Å²) in [6.07, 6.45) is -0.296. The normalized spacial score (nSPS) is 16.6. The topological polar surface area (TPSA) is 26.3 Å². The minimum atomic E-state index is -3.72. The first kappa shape index (κ1) is 12.2. The van der Waals surface area contributed by atoms with Gasteiger partial charge in [-0.3, -0.25) is 4.57 Å². The summed E-state index contributed by atoms with van der Waals surface area (Å²) in [6.45, 7) is 4.22. The average molecular weight is 172 g/mol. The molecule has 0 aliphatic carbocycles. The van der Waals surface area contributed by atoms with Crippen molar-refractivity contribution in [3.05, 3.63) is 0 Å². The molecule has 1 unspecified atom stereocenters. The van der Waals surface area contributed by atoms with Crippen LogP contribution in [-0.4, -0.2) is 12.8 Å². The standard InChI is InChI=1S/C4H10FO2P.S/c1-4(2)7-8(3,5)6;/h4H,1-3H3;. The summed E-state index contributed by atoms with van der Waals surface area (Å²) in [7, 11) is -3.72. The lowest BCUT2D eigenvalue weighted by Crippen LogP contribution is -1.96. The molecule has 1 atom stereocenters. The van der Waals surface area contributed by atoms with E-state index in [4.69, 9.17) is 0 Å². The van der Waals surface area contributed by atoms with Gasteiger partial charge in [-0.15, -0.1) is 0 Å². The molecule has 5 heteroatoms. The molecular weight excluding hydrogens is 162 g/mol. The van der Waals surface area contributed by atoms with Gasteiger partial charge in [-0.25, -0.2) is 0 Å². The lowest BCUT2D eigenvalue weighted by Gasteiger charge is -2.06. The van der Waals surface area contributed by atoms with Crippen LogP contribution in [0.1, 0.15) is 13.8 Å². The van der Waals surface area contributed by atoms with Crippen LogP contribution in [0, 0.1) is 0 Å². The van der Waals surface area contributed by atoms with Gasteiger partial charge in [0.1, 0.15) is 0 Å². The van der Waals surface area contributed by atoms with Crippen LogP contribution in [0.3, 0.4) is 0 Å². The maximum Gasteiger partial charge on any atom is 0.364 e. The van der Waals surface area contributed by atoms with E-state index in [1.807, 2.05) is 0 Å². The van der Waals surface area contributed by atoms with E-state index >= 15 is 0 Å². The Morgan fingerprint density at radius 3 is 1.89 bits per heavy atom. The summed E-state index contributed by atoms with van der Waals surface area (Å²) in [5.74, 6) is 0. The summed E-state index contributed by atoms with van der Waals surface area (Å²) < 4.78 is 26.4. The number of rotatable bonds is 2. The Labute approximate surface area is 61.8 Å². The van der Waals surface area contributed by atoms with Crippen LogP contribution < -0.4 is 0 Å². The first-order valence-electron chi connectivity index (χ1n) is 2.37. The van der Waals surface area contributed by atoms with E-state index in [0.29, 0.717) is 0 Å². The van der Waals surface area contributed by atoms with E-state index in [9.17, 15) is 8.76 Å². The molecule has 56 valence electrons. The molecule has 0 aliphatic heterocycles. The summed E-state index contributed by atoms with van der Waals surface area (Å²) in [5.41, 5.74) is 0. The zero-order valence-corrected chi connectivity index (χ0v) is 7.34. The second-order valence-electron chi connectivity index (χ2n) is 1.90. The molecule has 0 amide bonds. The third-order valence-corrected chi connectivity index (χ3v) is 1.20. The zero-order valence-electron chi connectivity index (χ0n) is 5.63. The van der Waals surface area contributed by atoms with Crippen LogP contribution >= 0.6 is 21.2 Å². The van der Waals surface area contributed by atoms with Crippen molar-refractivity contribution in [2.24, 2.45) is 0 Å². The van der Waals surface area contributed by atoms with Gasteiger partial charge in [-0.2, -0.15) is 4.20 Å². The van der Waals surface area contributed by atoms with Crippen molar-refractivity contribution in [1.82, 2.24) is 0 Å². The molecule has 0 heterocycles. The van der Waals surface area contributed by atoms with Gasteiger partial charge in [-0.1, -0.05) is 0 Å². The van der Waals surface area contributed by atoms with Gasteiger partial charge in [-0.05, 0) is 13.8 Å². The van der Waals surface area contributed by atoms with Gasteiger partial charge < -0.3 is 4.52 Å². The molecule has 9 heavy (non-hydrogen) atoms. The molecule has 2 radical (unpaired) electrons. The molecule has 0 bridgehead atoms. The summed E-state index contributed by atoms with van der Waals surface area (Å²) in [5, 5.41) is 0. The smallest absolute Gasteiger partial charge is 0.303 e. The van der Waals surface area contributed by atoms with Crippen molar-refractivity contribution in [3.63, 3.8) is 0 Å². The van der Waals surface area contributed by atoms with Crippen molar-refractivity contribution < 1.29 is 13.3 Å². The highest BCUT2D eigenvalue weighted by Crippen LogP contribution is 2.44. The van der Waals surface area contributed by atoms with Gasteiger partial charge >= 0.3 is 7.68 Å². The minimum Gasteiger partial charge on any atom is -0.303 e. The van der Waals surface area contributed by atoms with Crippen LogP contribution in [0.4, 0.5) is 4.20 Å². The quantitative estimate of drug-likeness (QED) is 0.598. The first-order chi connectivity index (χ1) is 3.42. The largest absolute Gasteiger partial charge is 0.364 e. The van der Waals surface area contributed by atoms with Crippen LogP contribution in [0.15, 0.2) is 0 Å². The highest BCUT2D eigenvalue weighted by atomic mass is 32.1. The third kappa shape index (κ3) is 11.8. The van der Waals surface area contributed by atoms with Crippen LogP contribution in [0.5, 0.6) is 0 Å². The first-order valence-corrected chi connectivity index (χ1v) is 4.33. The summed E-state index contributed by atoms with van der Waals surface area (Å²) in [4.78, 5) is 0. The molecule has 0 saturated carbocycles. The Kier molecular flexibility index (Phi) is 5.83. The van der Waals surface area contributed by atoms with Crippen LogP contribution in [-0.2, 0) is 9.09 Å². The summed E-state index contributed by atoms with van der Waals surface area (Å²) in [6, 6.07) is 0. The number of halogens is 1. The molecule has 0 saturated heterocycles. The fourth-order valence-electron chi connectivity index (χ4n) is 0.377. The van der Waals surface area contributed by atoms with E-state index in [1.165, 1.54) is 0 Å². The van der Waals surface area contributed by atoms with Crippen molar-refractivity contribution in [1.29, 1.82) is 0 Å². The highest BCUT2D eigenvalue weighted by Gasteiger charge is 2.13. The van der Waals surface area contributed by atoms with Crippen molar-refractivity contribution in [2.75, 3.05) is 6.66 Å². The fourth-order valence-corrected chi connectivity index (χ4v) is 1.13. The lowest BCUT2D eigenvalue weighted by molar-refractivity contribution is 0.227. The van der Waals surface area contributed by atoms with Gasteiger partial charge in [0.15, 0.2) is 0 Å². The number of hydrogen-bond donors (Lipinski definition) is 0. The highest BCUT2D eigenvalue weighted by molar-refractivity contribution is 7.59. The predicted molar refractivity (Wildman–Crippen MR) is 38.5 cm³/mol. The molecule has 2 nitrogen and oxygen atoms in total. The Hall–Kier alpha value is 0.470. The predicted octanol–water partition coefficient (Wildman–Crippen LogP) is 2.85. The molecule has 0 fully saturated rings. The van der Waals surface area contributed by atoms with Gasteiger partial charge in [0.05, 0.1) is 6.10 Å². The number of hydrogen-bond acceptors (Lipinski definition) is 2. The molecule has 0 rings (SSSR count). The van der Waals surface area contributed by atoms with E-state index in [-0.39, 0.29) is 19.6 Å². The zero-order chi connectivity index (χ0) is 6.78. The molecule has 0 aromatic heterocycles. The van der Waals surface area contributed by atoms with Gasteiger partial charge in [0, 0.05) is 20.2 Å². The second-order valence-corrected chi connectivity index (χ2v) is 3.61. The molecule has 0 spiro atoms. The van der Waals surface area contributed by atoms with E-state index < -0.39 is 7.68 Å². The monoisotopic (exact) mass is 172 g/mol. The van der Waals surface area contributed by atoms with E-state index in [1.54, 1.807) is 13.8 Å². The minimum absolute atomic E-state index is 0. The molecule has 0 N–H and O–H groups in total. The molecule has 0 aromatic rings. The van der Waals surface area contributed by atoms with Crippen molar-refractivity contribution in [2.45, 2.75) is 20.0 Å². The Morgan fingerprint density at radius 1 is 1.56 bits per heavy atom. The SMILES string of the molecule is CC(C)OP(C)(=O)F.[S]. The lowest BCUT2D eigenvalue weighted by atomic mass is 10.5. The van der Waals surface area contributed by atoms with Crippen LogP contribution in [0.2, 0.25) is 0 Å². The molecular formula is C4H10FO2PS. The van der Waals surface area contributed by atoms with Crippen LogP contribution in [0.25, 0.3) is 0 Å². The second kappa shape index (κ2) is 4.31. The molecule has 0 aromatic carbocycles. The van der Waals surface area contributed by atoms with Gasteiger partial charge in [0.2, 0.25) is 0 Å². The van der Waals surface area contributed by atoms with Gasteiger partial charge in [0.25, 0.3) is 0 Å². The third-order valence-electron chi connectivity index (χ3n) is 0.399. The maximum absolute atomic E-state index is 12.0. The van der Waals surface area contributed by atoms with Crippen molar-refractivity contribution in [3.8, 4) is 0 Å². The maximum atomic E-state index is 12.0. The Balaban J connectivity index is 0. The van der Waals surface area contributed by atoms with E-state index in [2.05, 4.69) is 4.52 Å². The Bertz CT molecular complexity index is 111. The van der Waals surface area contributed by atoms with Crippen molar-refractivity contribution >= 4 is 21.2 Å². The average Bonchev–Trinajstić information content (AvgIpc) is 1.21. The van der Waals surface area contributed by atoms with E-state index in [0.717, 1.165) is 6.66 Å². The fraction of sp³-hybridized carbons (Fsp3) is 1.00. The Morgan fingerprint density at radius 2 is 1.89 bits per heavy atom. The summed E-state index contributed by atoms with van der Waals surface area (Å²) >= 11 is 0. The molecule has 0 aliphatic rings.